The van der Waals surface area contributed by atoms with Crippen molar-refractivity contribution in [2.24, 2.45) is 10.9 Å². The van der Waals surface area contributed by atoms with E-state index < -0.39 is 9.84 Å². The van der Waals surface area contributed by atoms with Gasteiger partial charge in [-0.2, -0.15) is 0 Å². The second-order valence-corrected chi connectivity index (χ2v) is 12.0. The maximum atomic E-state index is 12.5. The van der Waals surface area contributed by atoms with Crippen LogP contribution < -0.4 is 10.6 Å². The lowest BCUT2D eigenvalue weighted by molar-refractivity contribution is 0.0950. The minimum atomic E-state index is -2.95. The zero-order chi connectivity index (χ0) is 21.1. The van der Waals surface area contributed by atoms with Gasteiger partial charge in [0.05, 0.1) is 17.5 Å². The van der Waals surface area contributed by atoms with Crippen molar-refractivity contribution in [2.75, 3.05) is 43.0 Å². The maximum absolute atomic E-state index is 12.5. The van der Waals surface area contributed by atoms with Gasteiger partial charge in [-0.1, -0.05) is 24.8 Å². The lowest BCUT2D eigenvalue weighted by atomic mass is 9.99. The van der Waals surface area contributed by atoms with E-state index in [0.29, 0.717) is 12.1 Å². The maximum Gasteiger partial charge on any atom is 0.251 e. The quantitative estimate of drug-likeness (QED) is 0.646. The third-order valence-electron chi connectivity index (χ3n) is 6.01. The fourth-order valence-corrected chi connectivity index (χ4v) is 7.85. The summed E-state index contributed by atoms with van der Waals surface area (Å²) in [7, 11) is -2.95. The van der Waals surface area contributed by atoms with Gasteiger partial charge in [0, 0.05) is 23.0 Å². The standard InChI is InChI=1S/C21H30N4O3S2/c1-15-6-10-25(11-7-15)9-3-8-22-20(26)16-4-2-5-17(12-16)23-21-24-18-13-30(27,28)14-19(18)29-21/h2,4-5,12,15,18-19H,3,6-11,13-14H2,1H3,(H,22,26)(H,23,24)/t18-,19-/m1/s1. The molecule has 0 unspecified atom stereocenters. The molecule has 3 aliphatic rings. The number of benzene rings is 1. The Kier molecular flexibility index (Phi) is 6.69. The lowest BCUT2D eigenvalue weighted by Crippen LogP contribution is -2.35. The summed E-state index contributed by atoms with van der Waals surface area (Å²) in [4.78, 5) is 19.5. The molecule has 9 heteroatoms. The molecular formula is C21H30N4O3S2. The number of rotatable bonds is 6. The van der Waals surface area contributed by atoms with E-state index in [9.17, 15) is 13.2 Å². The number of amides is 1. The number of anilines is 1. The fraction of sp³-hybridized carbons (Fsp3) is 0.619. The molecule has 0 aliphatic carbocycles. The molecule has 164 valence electrons. The Morgan fingerprint density at radius 1 is 1.27 bits per heavy atom. The van der Waals surface area contributed by atoms with E-state index in [0.717, 1.165) is 29.7 Å². The molecule has 2 saturated heterocycles. The molecule has 0 aromatic heterocycles. The highest BCUT2D eigenvalue weighted by molar-refractivity contribution is 8.15. The van der Waals surface area contributed by atoms with Crippen LogP contribution in [-0.4, -0.2) is 73.4 Å². The van der Waals surface area contributed by atoms with Gasteiger partial charge in [0.15, 0.2) is 15.0 Å². The molecular weight excluding hydrogens is 420 g/mol. The number of carbonyl (C=O) groups is 1. The van der Waals surface area contributed by atoms with Crippen molar-refractivity contribution < 1.29 is 13.2 Å². The number of sulfone groups is 1. The van der Waals surface area contributed by atoms with Crippen LogP contribution in [0.4, 0.5) is 5.69 Å². The highest BCUT2D eigenvalue weighted by Gasteiger charge is 2.42. The third kappa shape index (κ3) is 5.56. The molecule has 1 aromatic rings. The van der Waals surface area contributed by atoms with Gasteiger partial charge in [0.1, 0.15) is 0 Å². The Morgan fingerprint density at radius 3 is 2.83 bits per heavy atom. The second kappa shape index (κ2) is 9.28. The van der Waals surface area contributed by atoms with Crippen molar-refractivity contribution in [1.29, 1.82) is 0 Å². The Bertz CT molecular complexity index is 911. The number of hydrogen-bond donors (Lipinski definition) is 2. The highest BCUT2D eigenvalue weighted by atomic mass is 32.2. The normalized spacial score (nSPS) is 26.2. The molecule has 2 N–H and O–H groups in total. The van der Waals surface area contributed by atoms with Crippen molar-refractivity contribution in [3.63, 3.8) is 0 Å². The average molecular weight is 451 g/mol. The van der Waals surface area contributed by atoms with Crippen molar-refractivity contribution >= 4 is 38.4 Å². The van der Waals surface area contributed by atoms with E-state index >= 15 is 0 Å². The molecule has 2 fully saturated rings. The number of carbonyl (C=O) groups excluding carboxylic acids is 1. The average Bonchev–Trinajstić information content (AvgIpc) is 3.19. The Balaban J connectivity index is 1.24. The van der Waals surface area contributed by atoms with E-state index in [1.54, 1.807) is 6.07 Å². The first-order chi connectivity index (χ1) is 14.4. The number of piperidine rings is 1. The Hall–Kier alpha value is -1.58. The highest BCUT2D eigenvalue weighted by Crippen LogP contribution is 2.34. The van der Waals surface area contributed by atoms with Crippen LogP contribution in [0.3, 0.4) is 0 Å². The van der Waals surface area contributed by atoms with Crippen LogP contribution in [0.1, 0.15) is 36.5 Å². The minimum Gasteiger partial charge on any atom is -0.352 e. The number of likely N-dealkylation sites (tertiary alicyclic amines) is 1. The number of nitrogens with one attached hydrogen (secondary N) is 2. The van der Waals surface area contributed by atoms with Crippen molar-refractivity contribution in [3.8, 4) is 0 Å². The van der Waals surface area contributed by atoms with Crippen LogP contribution in [0.25, 0.3) is 0 Å². The van der Waals surface area contributed by atoms with Crippen LogP contribution >= 0.6 is 11.8 Å². The molecule has 7 nitrogen and oxygen atoms in total. The summed E-state index contributed by atoms with van der Waals surface area (Å²) in [5.41, 5.74) is 1.40. The Morgan fingerprint density at radius 2 is 2.07 bits per heavy atom. The molecule has 0 bridgehead atoms. The molecule has 30 heavy (non-hydrogen) atoms. The summed E-state index contributed by atoms with van der Waals surface area (Å²) in [5.74, 6) is 1.09. The van der Waals surface area contributed by atoms with Gasteiger partial charge in [0.2, 0.25) is 0 Å². The topological polar surface area (TPSA) is 90.9 Å². The second-order valence-electron chi connectivity index (χ2n) is 8.57. The number of amidine groups is 1. The van der Waals surface area contributed by atoms with Gasteiger partial charge in [-0.3, -0.25) is 9.79 Å². The molecule has 2 atom stereocenters. The van der Waals surface area contributed by atoms with Gasteiger partial charge in [0.25, 0.3) is 5.91 Å². The van der Waals surface area contributed by atoms with Gasteiger partial charge < -0.3 is 15.5 Å². The van der Waals surface area contributed by atoms with E-state index in [1.165, 1.54) is 37.7 Å². The predicted octanol–water partition coefficient (Wildman–Crippen LogP) is 2.22. The van der Waals surface area contributed by atoms with Crippen molar-refractivity contribution in [2.45, 2.75) is 37.5 Å². The van der Waals surface area contributed by atoms with Crippen LogP contribution in [0.15, 0.2) is 29.3 Å². The van der Waals surface area contributed by atoms with Crippen LogP contribution in [0.5, 0.6) is 0 Å². The molecule has 0 radical (unpaired) electrons. The first-order valence-corrected chi connectivity index (χ1v) is 13.4. The monoisotopic (exact) mass is 450 g/mol. The minimum absolute atomic E-state index is 0.00657. The number of fused-ring (bicyclic) bond motifs is 1. The number of thioether (sulfide) groups is 1. The summed E-state index contributed by atoms with van der Waals surface area (Å²) < 4.78 is 23.4. The van der Waals surface area contributed by atoms with Crippen LogP contribution in [0, 0.1) is 5.92 Å². The molecule has 1 aromatic carbocycles. The number of hydrogen-bond acceptors (Lipinski definition) is 7. The van der Waals surface area contributed by atoms with Crippen molar-refractivity contribution in [1.82, 2.24) is 10.2 Å². The van der Waals surface area contributed by atoms with E-state index in [4.69, 9.17) is 0 Å². The summed E-state index contributed by atoms with van der Waals surface area (Å²) in [6.07, 6.45) is 3.50. The molecule has 3 aliphatic heterocycles. The zero-order valence-corrected chi connectivity index (χ0v) is 19.0. The van der Waals surface area contributed by atoms with Crippen LogP contribution in [-0.2, 0) is 9.84 Å². The first-order valence-electron chi connectivity index (χ1n) is 10.7. The largest absolute Gasteiger partial charge is 0.352 e. The molecule has 1 amide bonds. The van der Waals surface area contributed by atoms with Gasteiger partial charge >= 0.3 is 0 Å². The lowest BCUT2D eigenvalue weighted by Gasteiger charge is -2.30. The zero-order valence-electron chi connectivity index (χ0n) is 17.3. The number of nitrogens with zero attached hydrogens (tertiary/aromatic N) is 2. The summed E-state index contributed by atoms with van der Waals surface area (Å²) in [6, 6.07) is 7.20. The van der Waals surface area contributed by atoms with Gasteiger partial charge in [-0.25, -0.2) is 8.42 Å². The summed E-state index contributed by atoms with van der Waals surface area (Å²) in [6.45, 7) is 6.35. The van der Waals surface area contributed by atoms with E-state index in [2.05, 4.69) is 27.4 Å². The third-order valence-corrected chi connectivity index (χ3v) is 9.15. The van der Waals surface area contributed by atoms with Gasteiger partial charge in [-0.15, -0.1) is 0 Å². The summed E-state index contributed by atoms with van der Waals surface area (Å²) >= 11 is 1.48. The number of aliphatic imine (C=N–C) groups is 1. The van der Waals surface area contributed by atoms with Crippen LogP contribution in [0.2, 0.25) is 0 Å². The fourth-order valence-electron chi connectivity index (χ4n) is 4.17. The smallest absolute Gasteiger partial charge is 0.251 e. The predicted molar refractivity (Wildman–Crippen MR) is 123 cm³/mol. The first kappa shape index (κ1) is 21.6. The van der Waals surface area contributed by atoms with E-state index in [1.807, 2.05) is 18.2 Å². The molecule has 0 saturated carbocycles. The molecule has 3 heterocycles. The molecule has 4 rings (SSSR count). The SMILES string of the molecule is CC1CCN(CCCNC(=O)c2cccc(NC3=N[C@@H]4CS(=O)(=O)C[C@H]4S3)c2)CC1. The van der Waals surface area contributed by atoms with E-state index in [-0.39, 0.29) is 28.7 Å². The molecule has 0 spiro atoms. The van der Waals surface area contributed by atoms with Gasteiger partial charge in [-0.05, 0) is 63.0 Å². The Labute approximate surface area is 183 Å². The summed E-state index contributed by atoms with van der Waals surface area (Å²) in [5, 5.41) is 6.99. The van der Waals surface area contributed by atoms with Crippen molar-refractivity contribution in [3.05, 3.63) is 29.8 Å².